The summed E-state index contributed by atoms with van der Waals surface area (Å²) < 4.78 is 6.84. The van der Waals surface area contributed by atoms with Crippen LogP contribution >= 0.6 is 15.9 Å². The first-order chi connectivity index (χ1) is 8.72. The summed E-state index contributed by atoms with van der Waals surface area (Å²) >= 11 is 3.50. The zero-order valence-electron chi connectivity index (χ0n) is 10.3. The van der Waals surface area contributed by atoms with E-state index in [9.17, 15) is 0 Å². The Morgan fingerprint density at radius 2 is 1.78 bits per heavy atom. The Morgan fingerprint density at radius 1 is 1.06 bits per heavy atom. The second kappa shape index (κ2) is 6.03. The molecule has 0 saturated carbocycles. The largest absolute Gasteiger partial charge is 0.487 e. The van der Waals surface area contributed by atoms with E-state index in [2.05, 4.69) is 35.0 Å². The Hall–Kier alpha value is -1.32. The average Bonchev–Trinajstić information content (AvgIpc) is 2.39. The lowest BCUT2D eigenvalue weighted by atomic mass is 10.1. The van der Waals surface area contributed by atoms with Crippen LogP contribution in [0.1, 0.15) is 16.7 Å². The molecule has 0 aliphatic rings. The highest BCUT2D eigenvalue weighted by Gasteiger charge is 2.07. The molecule has 0 atom stereocenters. The first kappa shape index (κ1) is 13.1. The van der Waals surface area contributed by atoms with Gasteiger partial charge in [-0.25, -0.2) is 0 Å². The SMILES string of the molecule is Cc1ccccc1COc1c(Br)cccc1CN. The average molecular weight is 306 g/mol. The van der Waals surface area contributed by atoms with E-state index in [1.807, 2.05) is 30.3 Å². The number of benzene rings is 2. The van der Waals surface area contributed by atoms with Gasteiger partial charge in [0.2, 0.25) is 0 Å². The molecule has 2 aromatic rings. The number of aryl methyl sites for hydroxylation is 1. The molecule has 2 N–H and O–H groups in total. The lowest BCUT2D eigenvalue weighted by molar-refractivity contribution is 0.300. The highest BCUT2D eigenvalue weighted by molar-refractivity contribution is 9.10. The highest BCUT2D eigenvalue weighted by atomic mass is 79.9. The van der Waals surface area contributed by atoms with E-state index in [0.29, 0.717) is 13.2 Å². The van der Waals surface area contributed by atoms with Gasteiger partial charge in [-0.1, -0.05) is 36.4 Å². The van der Waals surface area contributed by atoms with Gasteiger partial charge >= 0.3 is 0 Å². The van der Waals surface area contributed by atoms with Crippen molar-refractivity contribution in [3.05, 3.63) is 63.6 Å². The molecule has 0 fully saturated rings. The molecular weight excluding hydrogens is 290 g/mol. The van der Waals surface area contributed by atoms with E-state index in [1.54, 1.807) is 0 Å². The van der Waals surface area contributed by atoms with Gasteiger partial charge in [-0.05, 0) is 40.0 Å². The van der Waals surface area contributed by atoms with E-state index in [0.717, 1.165) is 15.8 Å². The van der Waals surface area contributed by atoms with E-state index in [1.165, 1.54) is 11.1 Å². The van der Waals surface area contributed by atoms with Crippen LogP contribution < -0.4 is 10.5 Å². The Labute approximate surface area is 116 Å². The molecule has 2 nitrogen and oxygen atoms in total. The molecule has 0 unspecified atom stereocenters. The van der Waals surface area contributed by atoms with Gasteiger partial charge in [-0.15, -0.1) is 0 Å². The Balaban J connectivity index is 2.18. The van der Waals surface area contributed by atoms with E-state index in [-0.39, 0.29) is 0 Å². The maximum absolute atomic E-state index is 5.90. The molecule has 0 bridgehead atoms. The summed E-state index contributed by atoms with van der Waals surface area (Å²) in [6, 6.07) is 14.1. The minimum absolute atomic E-state index is 0.475. The van der Waals surface area contributed by atoms with E-state index >= 15 is 0 Å². The van der Waals surface area contributed by atoms with Crippen LogP contribution in [-0.2, 0) is 13.2 Å². The lowest BCUT2D eigenvalue weighted by Gasteiger charge is -2.13. The quantitative estimate of drug-likeness (QED) is 0.932. The number of hydrogen-bond acceptors (Lipinski definition) is 2. The molecule has 0 saturated heterocycles. The summed E-state index contributed by atoms with van der Waals surface area (Å²) in [5, 5.41) is 0. The molecule has 2 aromatic carbocycles. The zero-order chi connectivity index (χ0) is 13.0. The second-order valence-corrected chi connectivity index (χ2v) is 5.00. The van der Waals surface area contributed by atoms with Crippen LogP contribution in [0.2, 0.25) is 0 Å². The maximum atomic E-state index is 5.90. The molecule has 3 heteroatoms. The third-order valence-electron chi connectivity index (χ3n) is 2.90. The predicted octanol–water partition coefficient (Wildman–Crippen LogP) is 3.80. The van der Waals surface area contributed by atoms with Crippen molar-refractivity contribution in [2.75, 3.05) is 0 Å². The van der Waals surface area contributed by atoms with Gasteiger partial charge in [-0.2, -0.15) is 0 Å². The number of halogens is 1. The maximum Gasteiger partial charge on any atom is 0.138 e. The highest BCUT2D eigenvalue weighted by Crippen LogP contribution is 2.29. The van der Waals surface area contributed by atoms with Crippen molar-refractivity contribution in [2.45, 2.75) is 20.1 Å². The molecule has 94 valence electrons. The van der Waals surface area contributed by atoms with Crippen LogP contribution in [0.25, 0.3) is 0 Å². The Kier molecular flexibility index (Phi) is 4.39. The van der Waals surface area contributed by atoms with Crippen LogP contribution in [0, 0.1) is 6.92 Å². The zero-order valence-corrected chi connectivity index (χ0v) is 11.9. The molecule has 0 heterocycles. The molecule has 0 amide bonds. The molecule has 0 radical (unpaired) electrons. The van der Waals surface area contributed by atoms with Crippen LogP contribution in [-0.4, -0.2) is 0 Å². The van der Waals surface area contributed by atoms with Crippen molar-refractivity contribution in [1.82, 2.24) is 0 Å². The molecule has 0 aromatic heterocycles. The monoisotopic (exact) mass is 305 g/mol. The van der Waals surface area contributed by atoms with Gasteiger partial charge in [0.1, 0.15) is 12.4 Å². The van der Waals surface area contributed by atoms with E-state index < -0.39 is 0 Å². The van der Waals surface area contributed by atoms with Crippen molar-refractivity contribution >= 4 is 15.9 Å². The summed E-state index contributed by atoms with van der Waals surface area (Å²) in [6.45, 7) is 3.12. The van der Waals surface area contributed by atoms with Gasteiger partial charge in [0.05, 0.1) is 4.47 Å². The first-order valence-corrected chi connectivity index (χ1v) is 6.66. The number of ether oxygens (including phenoxy) is 1. The molecule has 18 heavy (non-hydrogen) atoms. The summed E-state index contributed by atoms with van der Waals surface area (Å²) in [7, 11) is 0. The smallest absolute Gasteiger partial charge is 0.138 e. The fourth-order valence-electron chi connectivity index (χ4n) is 1.80. The number of para-hydroxylation sites is 1. The number of hydrogen-bond donors (Lipinski definition) is 1. The van der Waals surface area contributed by atoms with Crippen molar-refractivity contribution in [2.24, 2.45) is 5.73 Å². The first-order valence-electron chi connectivity index (χ1n) is 5.87. The van der Waals surface area contributed by atoms with Gasteiger partial charge in [0.15, 0.2) is 0 Å². The van der Waals surface area contributed by atoms with Crippen LogP contribution in [0.5, 0.6) is 5.75 Å². The lowest BCUT2D eigenvalue weighted by Crippen LogP contribution is -2.04. The Bertz CT molecular complexity index is 540. The molecule has 0 aliphatic carbocycles. The summed E-state index contributed by atoms with van der Waals surface area (Å²) in [5.74, 6) is 0.836. The molecule has 2 rings (SSSR count). The standard InChI is InChI=1S/C15H16BrNO/c1-11-5-2-3-6-13(11)10-18-15-12(9-17)7-4-8-14(15)16/h2-8H,9-10,17H2,1H3. The molecule has 0 aliphatic heterocycles. The van der Waals surface area contributed by atoms with Crippen LogP contribution in [0.3, 0.4) is 0 Å². The fourth-order valence-corrected chi connectivity index (χ4v) is 2.32. The predicted molar refractivity (Wildman–Crippen MR) is 77.5 cm³/mol. The van der Waals surface area contributed by atoms with Crippen molar-refractivity contribution in [3.8, 4) is 5.75 Å². The minimum Gasteiger partial charge on any atom is -0.487 e. The topological polar surface area (TPSA) is 35.2 Å². The third kappa shape index (κ3) is 2.92. The van der Waals surface area contributed by atoms with Gasteiger partial charge < -0.3 is 10.5 Å². The second-order valence-electron chi connectivity index (χ2n) is 4.15. The summed E-state index contributed by atoms with van der Waals surface area (Å²) in [6.07, 6.45) is 0. The molecule has 0 spiro atoms. The van der Waals surface area contributed by atoms with E-state index in [4.69, 9.17) is 10.5 Å². The fraction of sp³-hybridized carbons (Fsp3) is 0.200. The van der Waals surface area contributed by atoms with Gasteiger partial charge in [-0.3, -0.25) is 0 Å². The minimum atomic E-state index is 0.475. The van der Waals surface area contributed by atoms with Crippen molar-refractivity contribution in [1.29, 1.82) is 0 Å². The van der Waals surface area contributed by atoms with Crippen LogP contribution in [0.4, 0.5) is 0 Å². The van der Waals surface area contributed by atoms with Crippen molar-refractivity contribution < 1.29 is 4.74 Å². The van der Waals surface area contributed by atoms with Crippen LogP contribution in [0.15, 0.2) is 46.9 Å². The molecular formula is C15H16BrNO. The summed E-state index contributed by atoms with van der Waals surface area (Å²) in [5.41, 5.74) is 9.16. The number of rotatable bonds is 4. The number of nitrogens with two attached hydrogens (primary N) is 1. The third-order valence-corrected chi connectivity index (χ3v) is 3.53. The van der Waals surface area contributed by atoms with Gasteiger partial charge in [0, 0.05) is 12.1 Å². The Morgan fingerprint density at radius 3 is 2.50 bits per heavy atom. The summed E-state index contributed by atoms with van der Waals surface area (Å²) in [4.78, 5) is 0. The normalized spacial score (nSPS) is 10.4. The van der Waals surface area contributed by atoms with Gasteiger partial charge in [0.25, 0.3) is 0 Å². The van der Waals surface area contributed by atoms with Crippen molar-refractivity contribution in [3.63, 3.8) is 0 Å².